The summed E-state index contributed by atoms with van der Waals surface area (Å²) in [6.07, 6.45) is -2.01. The van der Waals surface area contributed by atoms with Gasteiger partial charge in [0.2, 0.25) is 0 Å². The maximum Gasteiger partial charge on any atom is 0.423 e. The molecule has 160 valence electrons. The molecular weight excluding hydrogens is 417 g/mol. The molecule has 1 unspecified atom stereocenters. The van der Waals surface area contributed by atoms with Gasteiger partial charge >= 0.3 is 11.9 Å². The zero-order valence-corrected chi connectivity index (χ0v) is 16.0. The number of rotatable bonds is 6. The van der Waals surface area contributed by atoms with Crippen LogP contribution in [0, 0.1) is 12.3 Å². The molecule has 0 aliphatic carbocycles. The van der Waals surface area contributed by atoms with Crippen molar-refractivity contribution in [2.75, 3.05) is 31.3 Å². The maximum atomic E-state index is 13.0. The van der Waals surface area contributed by atoms with Gasteiger partial charge in [0.25, 0.3) is 5.56 Å². The molecule has 2 fully saturated rings. The molecule has 0 radical (unpaired) electrons. The van der Waals surface area contributed by atoms with Gasteiger partial charge in [0.1, 0.15) is 24.5 Å². The van der Waals surface area contributed by atoms with Crippen LogP contribution in [0.1, 0.15) is 18.2 Å². The number of hydrogen-bond donors (Lipinski definition) is 1. The van der Waals surface area contributed by atoms with Gasteiger partial charge < -0.3 is 18.9 Å². The molecule has 0 aromatic carbocycles. The minimum Gasteiger partial charge on any atom is -0.363 e. The fourth-order valence-corrected chi connectivity index (χ4v) is 3.78. The minimum atomic E-state index is -4.92. The van der Waals surface area contributed by atoms with Gasteiger partial charge in [0.15, 0.2) is 6.29 Å². The zero-order valence-electron chi connectivity index (χ0n) is 15.1. The summed E-state index contributed by atoms with van der Waals surface area (Å²) in [5.41, 5.74) is -4.02. The van der Waals surface area contributed by atoms with Crippen LogP contribution >= 0.6 is 11.8 Å². The van der Waals surface area contributed by atoms with Crippen molar-refractivity contribution in [3.63, 3.8) is 0 Å². The normalized spacial score (nSPS) is 27.7. The zero-order chi connectivity index (χ0) is 21.0. The Hall–Kier alpha value is -1.78. The van der Waals surface area contributed by atoms with Crippen LogP contribution in [0.4, 0.5) is 13.2 Å². The Bertz CT molecular complexity index is 858. The van der Waals surface area contributed by atoms with Gasteiger partial charge in [-0.1, -0.05) is 5.92 Å². The van der Waals surface area contributed by atoms with Crippen LogP contribution in [0.15, 0.2) is 15.8 Å². The molecule has 3 rings (SSSR count). The predicted molar refractivity (Wildman–Crippen MR) is 96.4 cm³/mol. The Morgan fingerprint density at radius 3 is 2.83 bits per heavy atom. The highest BCUT2D eigenvalue weighted by Crippen LogP contribution is 2.32. The molecule has 1 N–H and O–H groups in total. The Labute approximate surface area is 167 Å². The van der Waals surface area contributed by atoms with E-state index < -0.39 is 47.7 Å². The van der Waals surface area contributed by atoms with Crippen molar-refractivity contribution in [1.82, 2.24) is 9.55 Å². The summed E-state index contributed by atoms with van der Waals surface area (Å²) in [6.45, 7) is 0.552. The molecular formula is C17H19F3N2O6S. The van der Waals surface area contributed by atoms with Gasteiger partial charge in [-0.3, -0.25) is 14.3 Å². The summed E-state index contributed by atoms with van der Waals surface area (Å²) < 4.78 is 62.2. The van der Waals surface area contributed by atoms with Crippen LogP contribution in [0.3, 0.4) is 0 Å². The Kier molecular flexibility index (Phi) is 7.07. The fourth-order valence-electron chi connectivity index (χ4n) is 3.02. The number of halogens is 3. The molecule has 0 bridgehead atoms. The smallest absolute Gasteiger partial charge is 0.363 e. The lowest BCUT2D eigenvalue weighted by Crippen LogP contribution is -2.37. The molecule has 2 aliphatic rings. The van der Waals surface area contributed by atoms with Gasteiger partial charge in [0, 0.05) is 24.1 Å². The summed E-state index contributed by atoms with van der Waals surface area (Å²) in [7, 11) is 0. The molecule has 3 heterocycles. The summed E-state index contributed by atoms with van der Waals surface area (Å²) in [6, 6.07) is 0. The third-order valence-electron chi connectivity index (χ3n) is 4.38. The fraction of sp³-hybridized carbons (Fsp3) is 0.647. The molecule has 0 amide bonds. The highest BCUT2D eigenvalue weighted by atomic mass is 32.2. The maximum absolute atomic E-state index is 13.0. The summed E-state index contributed by atoms with van der Waals surface area (Å²) in [5.74, 6) is 3.82. The van der Waals surface area contributed by atoms with E-state index in [0.29, 0.717) is 23.1 Å². The second kappa shape index (κ2) is 9.36. The number of hydrogen-bond acceptors (Lipinski definition) is 7. The average Bonchev–Trinajstić information content (AvgIpc) is 3.07. The van der Waals surface area contributed by atoms with Crippen molar-refractivity contribution in [3.8, 4) is 12.3 Å². The SMILES string of the molecule is C#CCO[C@H]1C[C@H](n2cc(C(F)(F)F)c(=O)[nH]c2=O)O[C@@H]1COC1CSCCO1. The Morgan fingerprint density at radius 1 is 1.38 bits per heavy atom. The van der Waals surface area contributed by atoms with E-state index in [2.05, 4.69) is 5.92 Å². The quantitative estimate of drug-likeness (QED) is 0.665. The summed E-state index contributed by atoms with van der Waals surface area (Å²) in [5, 5.41) is 0. The molecule has 0 spiro atoms. The lowest BCUT2D eigenvalue weighted by atomic mass is 10.2. The molecule has 2 aliphatic heterocycles. The van der Waals surface area contributed by atoms with E-state index in [0.717, 1.165) is 5.75 Å². The average molecular weight is 436 g/mol. The van der Waals surface area contributed by atoms with Crippen LogP contribution in [-0.2, 0) is 25.1 Å². The first-order valence-corrected chi connectivity index (χ1v) is 9.89. The molecule has 1 aromatic rings. The van der Waals surface area contributed by atoms with E-state index in [1.807, 2.05) is 0 Å². The van der Waals surface area contributed by atoms with Crippen molar-refractivity contribution < 1.29 is 32.1 Å². The van der Waals surface area contributed by atoms with Crippen molar-refractivity contribution in [2.24, 2.45) is 0 Å². The van der Waals surface area contributed by atoms with Crippen LogP contribution < -0.4 is 11.2 Å². The van der Waals surface area contributed by atoms with Crippen molar-refractivity contribution >= 4 is 11.8 Å². The molecule has 4 atom stereocenters. The first kappa shape index (κ1) is 21.9. The first-order chi connectivity index (χ1) is 13.8. The number of aromatic nitrogens is 2. The van der Waals surface area contributed by atoms with E-state index in [1.54, 1.807) is 16.7 Å². The van der Waals surface area contributed by atoms with Crippen LogP contribution in [0.25, 0.3) is 0 Å². The minimum absolute atomic E-state index is 0.0403. The first-order valence-electron chi connectivity index (χ1n) is 8.73. The van der Waals surface area contributed by atoms with E-state index >= 15 is 0 Å². The number of aromatic amines is 1. The van der Waals surface area contributed by atoms with Crippen LogP contribution in [0.2, 0.25) is 0 Å². The van der Waals surface area contributed by atoms with Gasteiger partial charge in [-0.25, -0.2) is 4.79 Å². The molecule has 1 aromatic heterocycles. The third-order valence-corrected chi connectivity index (χ3v) is 5.34. The number of terminal acetylenes is 1. The van der Waals surface area contributed by atoms with Crippen molar-refractivity contribution in [1.29, 1.82) is 0 Å². The van der Waals surface area contributed by atoms with E-state index in [4.69, 9.17) is 25.4 Å². The Morgan fingerprint density at radius 2 is 2.17 bits per heavy atom. The highest BCUT2D eigenvalue weighted by Gasteiger charge is 2.40. The number of ether oxygens (including phenoxy) is 4. The van der Waals surface area contributed by atoms with E-state index in [-0.39, 0.29) is 19.6 Å². The highest BCUT2D eigenvalue weighted by molar-refractivity contribution is 7.99. The number of alkyl halides is 3. The second-order valence-electron chi connectivity index (χ2n) is 6.33. The molecule has 2 saturated heterocycles. The number of H-pyrrole nitrogens is 1. The standard InChI is InChI=1S/C17H19F3N2O6S/c1-2-3-25-11-6-13(28-12(11)8-27-14-9-29-5-4-26-14)22-7-10(17(18,19)20)15(23)21-16(22)24/h1,7,11-14H,3-6,8-9H2,(H,21,23,24)/t11-,12+,13+,14?/m0/s1. The van der Waals surface area contributed by atoms with Gasteiger partial charge in [-0.2, -0.15) is 24.9 Å². The van der Waals surface area contributed by atoms with E-state index in [1.165, 1.54) is 0 Å². The second-order valence-corrected chi connectivity index (χ2v) is 7.48. The largest absolute Gasteiger partial charge is 0.423 e. The van der Waals surface area contributed by atoms with Crippen LogP contribution in [0.5, 0.6) is 0 Å². The Balaban J connectivity index is 1.77. The van der Waals surface area contributed by atoms with Gasteiger partial charge in [0.05, 0.1) is 19.3 Å². The van der Waals surface area contributed by atoms with Crippen molar-refractivity contribution in [3.05, 3.63) is 32.6 Å². The van der Waals surface area contributed by atoms with E-state index in [9.17, 15) is 22.8 Å². The van der Waals surface area contributed by atoms with Gasteiger partial charge in [-0.15, -0.1) is 6.42 Å². The van der Waals surface area contributed by atoms with Crippen LogP contribution in [-0.4, -0.2) is 59.4 Å². The molecule has 8 nitrogen and oxygen atoms in total. The number of nitrogens with zero attached hydrogens (tertiary/aromatic N) is 1. The monoisotopic (exact) mass is 436 g/mol. The topological polar surface area (TPSA) is 91.8 Å². The molecule has 0 saturated carbocycles. The third kappa shape index (κ3) is 5.43. The van der Waals surface area contributed by atoms with Crippen molar-refractivity contribution in [2.45, 2.75) is 37.3 Å². The molecule has 12 heteroatoms. The lowest BCUT2D eigenvalue weighted by molar-refractivity contribution is -0.161. The summed E-state index contributed by atoms with van der Waals surface area (Å²) >= 11 is 1.67. The predicted octanol–water partition coefficient (Wildman–Crippen LogP) is 0.967. The number of thioether (sulfide) groups is 1. The van der Waals surface area contributed by atoms with Gasteiger partial charge in [-0.05, 0) is 0 Å². The molecule has 29 heavy (non-hydrogen) atoms. The summed E-state index contributed by atoms with van der Waals surface area (Å²) in [4.78, 5) is 25.2. The lowest BCUT2D eigenvalue weighted by Gasteiger charge is -2.25. The number of nitrogens with one attached hydrogen (secondary N) is 1.